The maximum atomic E-state index is 13.4. The van der Waals surface area contributed by atoms with Crippen molar-refractivity contribution in [3.63, 3.8) is 0 Å². The second kappa shape index (κ2) is 9.86. The maximum absolute atomic E-state index is 13.4. The van der Waals surface area contributed by atoms with Gasteiger partial charge in [-0.05, 0) is 48.5 Å². The van der Waals surface area contributed by atoms with Crippen LogP contribution in [0.15, 0.2) is 54.6 Å². The number of hydrogen-bond acceptors (Lipinski definition) is 5. The number of benzene rings is 2. The van der Waals surface area contributed by atoms with Crippen molar-refractivity contribution in [3.8, 4) is 5.75 Å². The van der Waals surface area contributed by atoms with E-state index in [9.17, 15) is 18.8 Å². The first kappa shape index (κ1) is 22.0. The number of nitrogens with one attached hydrogen (secondary N) is 3. The molecule has 0 unspecified atom stereocenters. The third-order valence-corrected chi connectivity index (χ3v) is 5.27. The number of rotatable bonds is 7. The van der Waals surface area contributed by atoms with E-state index in [1.165, 1.54) is 43.6 Å². The van der Waals surface area contributed by atoms with E-state index in [1.807, 2.05) is 0 Å². The Bertz CT molecular complexity index is 1130. The van der Waals surface area contributed by atoms with Gasteiger partial charge in [0, 0.05) is 23.1 Å². The second-order valence-electron chi connectivity index (χ2n) is 6.51. The third-order valence-electron chi connectivity index (χ3n) is 4.19. The Balaban J connectivity index is 1.73. The Morgan fingerprint density at radius 3 is 2.52 bits per heavy atom. The van der Waals surface area contributed by atoms with Crippen LogP contribution < -0.4 is 20.7 Å². The number of ether oxygens (including phenoxy) is 1. The molecule has 3 amide bonds. The molecule has 0 fully saturated rings. The molecule has 0 bridgehead atoms. The van der Waals surface area contributed by atoms with Crippen molar-refractivity contribution in [1.29, 1.82) is 0 Å². The van der Waals surface area contributed by atoms with Crippen molar-refractivity contribution < 1.29 is 23.5 Å². The van der Waals surface area contributed by atoms with E-state index in [0.717, 1.165) is 10.9 Å². The van der Waals surface area contributed by atoms with Crippen molar-refractivity contribution in [1.82, 2.24) is 5.32 Å². The molecule has 0 spiro atoms. The molecule has 0 aliphatic carbocycles. The average molecular weight is 441 g/mol. The van der Waals surface area contributed by atoms with Gasteiger partial charge in [0.2, 0.25) is 5.91 Å². The molecule has 0 aliphatic rings. The zero-order valence-corrected chi connectivity index (χ0v) is 17.6. The summed E-state index contributed by atoms with van der Waals surface area (Å²) in [5.41, 5.74) is 0.922. The van der Waals surface area contributed by atoms with Crippen LogP contribution in [0.25, 0.3) is 0 Å². The molecule has 2 aromatic carbocycles. The second-order valence-corrected chi connectivity index (χ2v) is 7.68. The van der Waals surface area contributed by atoms with Crippen LogP contribution in [0.1, 0.15) is 31.8 Å². The zero-order chi connectivity index (χ0) is 22.4. The number of anilines is 2. The van der Waals surface area contributed by atoms with Crippen LogP contribution in [0.2, 0.25) is 0 Å². The molecular formula is C22H20FN3O4S. The summed E-state index contributed by atoms with van der Waals surface area (Å²) in [5, 5.41) is 8.12. The van der Waals surface area contributed by atoms with Crippen molar-refractivity contribution in [2.24, 2.45) is 0 Å². The number of amides is 3. The normalized spacial score (nSPS) is 10.3. The molecule has 1 aromatic heterocycles. The van der Waals surface area contributed by atoms with Crippen molar-refractivity contribution in [3.05, 3.63) is 75.7 Å². The number of halogens is 1. The van der Waals surface area contributed by atoms with Crippen LogP contribution in [0, 0.1) is 5.82 Å². The fourth-order valence-corrected chi connectivity index (χ4v) is 3.55. The zero-order valence-electron chi connectivity index (χ0n) is 16.8. The van der Waals surface area contributed by atoms with Crippen molar-refractivity contribution in [2.45, 2.75) is 13.5 Å². The van der Waals surface area contributed by atoms with Crippen LogP contribution in [-0.4, -0.2) is 24.8 Å². The molecule has 3 rings (SSSR count). The standard InChI is InChI=1S/C22H20FN3O4S/c1-13(27)24-12-17-7-9-20(31-17)22(29)25-16-6-8-19(30-2)18(11-16)26-21(28)14-4-3-5-15(23)10-14/h3-11H,12H2,1-2H3,(H,24,27)(H,25,29)(H,26,28). The summed E-state index contributed by atoms with van der Waals surface area (Å²) in [6.07, 6.45) is 0. The molecule has 0 aliphatic heterocycles. The lowest BCUT2D eigenvalue weighted by Gasteiger charge is -2.13. The van der Waals surface area contributed by atoms with Gasteiger partial charge in [0.1, 0.15) is 11.6 Å². The Hall–Kier alpha value is -3.72. The topological polar surface area (TPSA) is 96.5 Å². The first-order valence-electron chi connectivity index (χ1n) is 9.25. The summed E-state index contributed by atoms with van der Waals surface area (Å²) < 4.78 is 18.7. The summed E-state index contributed by atoms with van der Waals surface area (Å²) >= 11 is 1.27. The molecule has 31 heavy (non-hydrogen) atoms. The molecule has 0 saturated heterocycles. The summed E-state index contributed by atoms with van der Waals surface area (Å²) in [6, 6.07) is 13.6. The van der Waals surface area contributed by atoms with E-state index in [2.05, 4.69) is 16.0 Å². The molecular weight excluding hydrogens is 421 g/mol. The van der Waals surface area contributed by atoms with Gasteiger partial charge in [-0.2, -0.15) is 0 Å². The fraction of sp³-hybridized carbons (Fsp3) is 0.136. The molecule has 0 radical (unpaired) electrons. The van der Waals surface area contributed by atoms with Crippen LogP contribution >= 0.6 is 11.3 Å². The third kappa shape index (κ3) is 5.89. The Kier molecular flexibility index (Phi) is 6.99. The molecule has 0 saturated carbocycles. The number of thiophene rings is 1. The molecule has 3 aromatic rings. The summed E-state index contributed by atoms with van der Waals surface area (Å²) in [6.45, 7) is 1.78. The van der Waals surface area contributed by atoms with Crippen LogP contribution in [0.3, 0.4) is 0 Å². The smallest absolute Gasteiger partial charge is 0.265 e. The number of methoxy groups -OCH3 is 1. The first-order chi connectivity index (χ1) is 14.9. The van der Waals surface area contributed by atoms with Gasteiger partial charge >= 0.3 is 0 Å². The van der Waals surface area contributed by atoms with Gasteiger partial charge in [0.05, 0.1) is 24.2 Å². The van der Waals surface area contributed by atoms with E-state index in [1.54, 1.807) is 30.3 Å². The highest BCUT2D eigenvalue weighted by molar-refractivity contribution is 7.14. The van der Waals surface area contributed by atoms with Gasteiger partial charge in [-0.25, -0.2) is 4.39 Å². The summed E-state index contributed by atoms with van der Waals surface area (Å²) in [4.78, 5) is 37.4. The number of carbonyl (C=O) groups is 3. The number of hydrogen-bond donors (Lipinski definition) is 3. The largest absolute Gasteiger partial charge is 0.495 e. The van der Waals surface area contributed by atoms with E-state index < -0.39 is 11.7 Å². The van der Waals surface area contributed by atoms with E-state index in [4.69, 9.17) is 4.74 Å². The number of carbonyl (C=O) groups excluding carboxylic acids is 3. The Labute approximate surface area is 182 Å². The van der Waals surface area contributed by atoms with E-state index in [0.29, 0.717) is 28.5 Å². The lowest BCUT2D eigenvalue weighted by atomic mass is 10.2. The van der Waals surface area contributed by atoms with Crippen LogP contribution in [0.4, 0.5) is 15.8 Å². The molecule has 9 heteroatoms. The fourth-order valence-electron chi connectivity index (χ4n) is 2.71. The summed E-state index contributed by atoms with van der Waals surface area (Å²) in [5.74, 6) is -1.12. The van der Waals surface area contributed by atoms with Crippen LogP contribution in [0.5, 0.6) is 5.75 Å². The van der Waals surface area contributed by atoms with Gasteiger partial charge in [-0.3, -0.25) is 14.4 Å². The lowest BCUT2D eigenvalue weighted by Crippen LogP contribution is -2.18. The van der Waals surface area contributed by atoms with Gasteiger partial charge in [0.25, 0.3) is 11.8 Å². The molecule has 1 heterocycles. The highest BCUT2D eigenvalue weighted by Gasteiger charge is 2.14. The maximum Gasteiger partial charge on any atom is 0.265 e. The van der Waals surface area contributed by atoms with E-state index >= 15 is 0 Å². The highest BCUT2D eigenvalue weighted by atomic mass is 32.1. The van der Waals surface area contributed by atoms with Gasteiger partial charge in [0.15, 0.2) is 0 Å². The van der Waals surface area contributed by atoms with Crippen LogP contribution in [-0.2, 0) is 11.3 Å². The Morgan fingerprint density at radius 1 is 1.00 bits per heavy atom. The quantitative estimate of drug-likeness (QED) is 0.516. The van der Waals surface area contributed by atoms with Crippen molar-refractivity contribution >= 4 is 40.4 Å². The summed E-state index contributed by atoms with van der Waals surface area (Å²) in [7, 11) is 1.45. The van der Waals surface area contributed by atoms with Gasteiger partial charge in [-0.1, -0.05) is 6.07 Å². The molecule has 160 valence electrons. The SMILES string of the molecule is COc1ccc(NC(=O)c2ccc(CNC(C)=O)s2)cc1NC(=O)c1cccc(F)c1. The van der Waals surface area contributed by atoms with Gasteiger partial charge in [-0.15, -0.1) is 11.3 Å². The first-order valence-corrected chi connectivity index (χ1v) is 10.1. The molecule has 3 N–H and O–H groups in total. The monoisotopic (exact) mass is 441 g/mol. The lowest BCUT2D eigenvalue weighted by molar-refractivity contribution is -0.119. The predicted octanol–water partition coefficient (Wildman–Crippen LogP) is 4.04. The predicted molar refractivity (Wildman–Crippen MR) is 117 cm³/mol. The van der Waals surface area contributed by atoms with Crippen molar-refractivity contribution in [2.75, 3.05) is 17.7 Å². The highest BCUT2D eigenvalue weighted by Crippen LogP contribution is 2.29. The molecule has 0 atom stereocenters. The molecule has 7 nitrogen and oxygen atoms in total. The minimum Gasteiger partial charge on any atom is -0.495 e. The minimum atomic E-state index is -0.519. The minimum absolute atomic E-state index is 0.148. The van der Waals surface area contributed by atoms with Gasteiger partial charge < -0.3 is 20.7 Å². The Morgan fingerprint density at radius 2 is 1.81 bits per heavy atom. The average Bonchev–Trinajstić information content (AvgIpc) is 3.22. The van der Waals surface area contributed by atoms with E-state index in [-0.39, 0.29) is 17.4 Å².